The number of methoxy groups -OCH3 is 2. The molecular weight excluding hydrogens is 264 g/mol. The molecule has 1 aliphatic rings. The van der Waals surface area contributed by atoms with Gasteiger partial charge in [-0.05, 0) is 53.8 Å². The molecule has 3 nitrogen and oxygen atoms in total. The van der Waals surface area contributed by atoms with E-state index in [9.17, 15) is 5.11 Å². The van der Waals surface area contributed by atoms with Gasteiger partial charge in [-0.1, -0.05) is 18.2 Å². The minimum Gasteiger partial charge on any atom is -0.497 e. The Morgan fingerprint density at radius 2 is 1.62 bits per heavy atom. The van der Waals surface area contributed by atoms with E-state index in [1.54, 1.807) is 14.2 Å². The highest BCUT2D eigenvalue weighted by atomic mass is 16.5. The highest BCUT2D eigenvalue weighted by Gasteiger charge is 2.29. The fraction of sp³-hybridized carbons (Fsp3) is 0.333. The van der Waals surface area contributed by atoms with Crippen LogP contribution in [-0.2, 0) is 6.42 Å². The summed E-state index contributed by atoms with van der Waals surface area (Å²) in [5.41, 5.74) is 3.35. The summed E-state index contributed by atoms with van der Waals surface area (Å²) >= 11 is 0. The number of aryl methyl sites for hydroxylation is 1. The first kappa shape index (κ1) is 14.0. The summed E-state index contributed by atoms with van der Waals surface area (Å²) in [7, 11) is 3.31. The van der Waals surface area contributed by atoms with E-state index in [4.69, 9.17) is 9.47 Å². The average Bonchev–Trinajstić information content (AvgIpc) is 2.55. The van der Waals surface area contributed by atoms with Gasteiger partial charge in [-0.3, -0.25) is 0 Å². The lowest BCUT2D eigenvalue weighted by molar-refractivity contribution is 0.131. The van der Waals surface area contributed by atoms with Gasteiger partial charge in [0.25, 0.3) is 0 Å². The number of ether oxygens (including phenoxy) is 2. The van der Waals surface area contributed by atoms with E-state index < -0.39 is 6.10 Å². The zero-order valence-electron chi connectivity index (χ0n) is 12.4. The van der Waals surface area contributed by atoms with Crippen molar-refractivity contribution in [2.75, 3.05) is 14.2 Å². The molecule has 3 heteroatoms. The first-order chi connectivity index (χ1) is 10.2. The molecule has 2 aromatic rings. The quantitative estimate of drug-likeness (QED) is 0.938. The molecule has 0 heterocycles. The summed E-state index contributed by atoms with van der Waals surface area (Å²) in [5, 5.41) is 10.7. The third-order valence-electron chi connectivity index (χ3n) is 4.32. The molecule has 2 aromatic carbocycles. The van der Waals surface area contributed by atoms with E-state index in [0.29, 0.717) is 0 Å². The summed E-state index contributed by atoms with van der Waals surface area (Å²) < 4.78 is 10.5. The number of fused-ring (bicyclic) bond motifs is 1. The lowest BCUT2D eigenvalue weighted by Gasteiger charge is -2.30. The van der Waals surface area contributed by atoms with Gasteiger partial charge >= 0.3 is 0 Å². The molecule has 0 spiro atoms. The predicted octanol–water partition coefficient (Wildman–Crippen LogP) is 3.47. The van der Waals surface area contributed by atoms with Gasteiger partial charge < -0.3 is 14.6 Å². The SMILES string of the molecule is COc1ccc([C@H]2CCc3ccc(OC)cc3[C@H]2O)cc1. The zero-order valence-corrected chi connectivity index (χ0v) is 12.4. The zero-order chi connectivity index (χ0) is 14.8. The molecule has 0 fully saturated rings. The number of aliphatic hydroxyl groups is 1. The van der Waals surface area contributed by atoms with Crippen molar-refractivity contribution in [2.45, 2.75) is 24.9 Å². The molecule has 1 N–H and O–H groups in total. The van der Waals surface area contributed by atoms with E-state index in [1.807, 2.05) is 36.4 Å². The summed E-state index contributed by atoms with van der Waals surface area (Å²) in [5.74, 6) is 1.75. The normalized spacial score (nSPS) is 20.7. The molecule has 0 unspecified atom stereocenters. The lowest BCUT2D eigenvalue weighted by atomic mass is 9.78. The first-order valence-electron chi connectivity index (χ1n) is 7.21. The van der Waals surface area contributed by atoms with Crippen molar-refractivity contribution in [3.63, 3.8) is 0 Å². The molecule has 0 bridgehead atoms. The van der Waals surface area contributed by atoms with Crippen LogP contribution in [0.3, 0.4) is 0 Å². The molecule has 1 aliphatic carbocycles. The Balaban J connectivity index is 1.91. The summed E-state index contributed by atoms with van der Waals surface area (Å²) in [6, 6.07) is 13.9. The third kappa shape index (κ3) is 2.61. The van der Waals surface area contributed by atoms with Gasteiger partial charge in [0.05, 0.1) is 20.3 Å². The van der Waals surface area contributed by atoms with Crippen LogP contribution in [0.5, 0.6) is 11.5 Å². The second kappa shape index (κ2) is 5.78. The van der Waals surface area contributed by atoms with Crippen molar-refractivity contribution in [2.24, 2.45) is 0 Å². The van der Waals surface area contributed by atoms with Crippen LogP contribution < -0.4 is 9.47 Å². The maximum atomic E-state index is 10.7. The van der Waals surface area contributed by atoms with Crippen molar-refractivity contribution in [3.05, 3.63) is 59.2 Å². The Kier molecular flexibility index (Phi) is 3.84. The Morgan fingerprint density at radius 3 is 2.29 bits per heavy atom. The number of hydrogen-bond donors (Lipinski definition) is 1. The largest absolute Gasteiger partial charge is 0.497 e. The van der Waals surface area contributed by atoms with Gasteiger partial charge in [0.2, 0.25) is 0 Å². The van der Waals surface area contributed by atoms with Crippen LogP contribution in [0.1, 0.15) is 35.1 Å². The van der Waals surface area contributed by atoms with E-state index >= 15 is 0 Å². The molecule has 0 aliphatic heterocycles. The van der Waals surface area contributed by atoms with Crippen LogP contribution >= 0.6 is 0 Å². The third-order valence-corrected chi connectivity index (χ3v) is 4.32. The lowest BCUT2D eigenvalue weighted by Crippen LogP contribution is -2.19. The Bertz CT molecular complexity index is 619. The van der Waals surface area contributed by atoms with Crippen LogP contribution in [0.15, 0.2) is 42.5 Å². The van der Waals surface area contributed by atoms with Gasteiger partial charge in [0.1, 0.15) is 11.5 Å². The summed E-state index contributed by atoms with van der Waals surface area (Å²) in [6.07, 6.45) is 1.44. The molecule has 0 amide bonds. The number of hydrogen-bond acceptors (Lipinski definition) is 3. The first-order valence-corrected chi connectivity index (χ1v) is 7.21. The van der Waals surface area contributed by atoms with E-state index in [0.717, 1.165) is 35.5 Å². The monoisotopic (exact) mass is 284 g/mol. The van der Waals surface area contributed by atoms with Gasteiger partial charge in [-0.25, -0.2) is 0 Å². The standard InChI is InChI=1S/C18H20O3/c1-20-14-7-3-12(4-8-14)16-10-6-13-5-9-15(21-2)11-17(13)18(16)19/h3-5,7-9,11,16,18-19H,6,10H2,1-2H3/t16-,18+/m1/s1. The number of rotatable bonds is 3. The van der Waals surface area contributed by atoms with Crippen LogP contribution in [0.25, 0.3) is 0 Å². The maximum Gasteiger partial charge on any atom is 0.119 e. The molecule has 2 atom stereocenters. The molecule has 0 saturated carbocycles. The minimum absolute atomic E-state index is 0.121. The molecule has 110 valence electrons. The highest BCUT2D eigenvalue weighted by Crippen LogP contribution is 2.42. The van der Waals surface area contributed by atoms with E-state index in [1.165, 1.54) is 5.56 Å². The van der Waals surface area contributed by atoms with Crippen molar-refractivity contribution >= 4 is 0 Å². The topological polar surface area (TPSA) is 38.7 Å². The fourth-order valence-electron chi connectivity index (χ4n) is 3.09. The van der Waals surface area contributed by atoms with Crippen LogP contribution in [-0.4, -0.2) is 19.3 Å². The molecule has 0 saturated heterocycles. The van der Waals surface area contributed by atoms with Crippen molar-refractivity contribution in [3.8, 4) is 11.5 Å². The van der Waals surface area contributed by atoms with Gasteiger partial charge in [-0.2, -0.15) is 0 Å². The summed E-state index contributed by atoms with van der Waals surface area (Å²) in [4.78, 5) is 0. The molecular formula is C18H20O3. The molecule has 3 rings (SSSR count). The predicted molar refractivity (Wildman–Crippen MR) is 82.0 cm³/mol. The van der Waals surface area contributed by atoms with Gasteiger partial charge in [0, 0.05) is 5.92 Å². The van der Waals surface area contributed by atoms with Crippen LogP contribution in [0, 0.1) is 0 Å². The van der Waals surface area contributed by atoms with Crippen molar-refractivity contribution in [1.82, 2.24) is 0 Å². The Labute approximate surface area is 125 Å². The highest BCUT2D eigenvalue weighted by molar-refractivity contribution is 5.42. The maximum absolute atomic E-state index is 10.7. The molecule has 0 radical (unpaired) electrons. The van der Waals surface area contributed by atoms with Crippen LogP contribution in [0.4, 0.5) is 0 Å². The second-order valence-electron chi connectivity index (χ2n) is 5.43. The average molecular weight is 284 g/mol. The second-order valence-corrected chi connectivity index (χ2v) is 5.43. The van der Waals surface area contributed by atoms with Crippen molar-refractivity contribution in [1.29, 1.82) is 0 Å². The summed E-state index contributed by atoms with van der Waals surface area (Å²) in [6.45, 7) is 0. The Morgan fingerprint density at radius 1 is 0.952 bits per heavy atom. The Hall–Kier alpha value is -2.00. The fourth-order valence-corrected chi connectivity index (χ4v) is 3.09. The van der Waals surface area contributed by atoms with Crippen molar-refractivity contribution < 1.29 is 14.6 Å². The van der Waals surface area contributed by atoms with E-state index in [2.05, 4.69) is 6.07 Å². The van der Waals surface area contributed by atoms with Gasteiger partial charge in [0.15, 0.2) is 0 Å². The number of aliphatic hydroxyl groups excluding tert-OH is 1. The number of benzene rings is 2. The smallest absolute Gasteiger partial charge is 0.119 e. The molecule has 0 aromatic heterocycles. The molecule has 21 heavy (non-hydrogen) atoms. The van der Waals surface area contributed by atoms with Gasteiger partial charge in [-0.15, -0.1) is 0 Å². The van der Waals surface area contributed by atoms with E-state index in [-0.39, 0.29) is 5.92 Å². The van der Waals surface area contributed by atoms with Crippen LogP contribution in [0.2, 0.25) is 0 Å². The minimum atomic E-state index is -0.489.